The number of hydrogen-bond donors (Lipinski definition) is 0. The number of hydrogen-bond acceptors (Lipinski definition) is 0. The van der Waals surface area contributed by atoms with Crippen molar-refractivity contribution in [1.29, 1.82) is 0 Å². The van der Waals surface area contributed by atoms with Crippen molar-refractivity contribution in [3.05, 3.63) is 46.5 Å². The fraction of sp³-hybridized carbons (Fsp3) is 0.412. The fourth-order valence-electron chi connectivity index (χ4n) is 2.48. The van der Waals surface area contributed by atoms with Crippen LogP contribution < -0.4 is 0 Å². The molecule has 0 bridgehead atoms. The Labute approximate surface area is 105 Å². The second-order valence-electron chi connectivity index (χ2n) is 4.99. The van der Waals surface area contributed by atoms with Crippen molar-refractivity contribution in [2.45, 2.75) is 40.0 Å². The highest BCUT2D eigenvalue weighted by atomic mass is 14.2. The Balaban J connectivity index is 2.31. The third kappa shape index (κ3) is 2.69. The van der Waals surface area contributed by atoms with Gasteiger partial charge in [-0.3, -0.25) is 0 Å². The molecule has 1 aliphatic carbocycles. The van der Waals surface area contributed by atoms with Crippen LogP contribution in [-0.2, 0) is 6.42 Å². The van der Waals surface area contributed by atoms with Crippen LogP contribution in [0.25, 0.3) is 12.2 Å². The summed E-state index contributed by atoms with van der Waals surface area (Å²) < 4.78 is 0. The molecule has 1 aromatic rings. The van der Waals surface area contributed by atoms with Gasteiger partial charge in [-0.2, -0.15) is 0 Å². The highest BCUT2D eigenvalue weighted by Gasteiger charge is 2.14. The van der Waals surface area contributed by atoms with Gasteiger partial charge in [0.2, 0.25) is 0 Å². The lowest BCUT2D eigenvalue weighted by Gasteiger charge is -2.21. The van der Waals surface area contributed by atoms with E-state index in [4.69, 9.17) is 0 Å². The first-order valence-corrected chi connectivity index (χ1v) is 6.70. The molecule has 0 heterocycles. The van der Waals surface area contributed by atoms with E-state index in [0.717, 1.165) is 5.92 Å². The highest BCUT2D eigenvalue weighted by Crippen LogP contribution is 2.30. The van der Waals surface area contributed by atoms with E-state index in [2.05, 4.69) is 57.2 Å². The molecule has 1 atom stereocenters. The Bertz CT molecular complexity index is 449. The molecule has 0 aliphatic heterocycles. The Morgan fingerprint density at radius 2 is 2.12 bits per heavy atom. The number of allylic oxidation sites excluding steroid dienone is 2. The summed E-state index contributed by atoms with van der Waals surface area (Å²) in [6.07, 6.45) is 10.4. The minimum Gasteiger partial charge on any atom is -0.0871 e. The minimum absolute atomic E-state index is 0.735. The van der Waals surface area contributed by atoms with Crippen LogP contribution in [-0.4, -0.2) is 0 Å². The van der Waals surface area contributed by atoms with Crippen LogP contribution in [0, 0.1) is 5.92 Å². The summed E-state index contributed by atoms with van der Waals surface area (Å²) in [5, 5.41) is 0. The number of benzene rings is 1. The van der Waals surface area contributed by atoms with E-state index in [1.165, 1.54) is 36.0 Å². The smallest absolute Gasteiger partial charge is 0.0224 e. The molecule has 1 unspecified atom stereocenters. The molecule has 0 aromatic heterocycles. The Hall–Kier alpha value is -1.30. The van der Waals surface area contributed by atoms with Crippen LogP contribution >= 0.6 is 0 Å². The quantitative estimate of drug-likeness (QED) is 0.673. The SMILES string of the molecule is C/C=C/c1ccc2c(c1)CCC(C(C)CC)=C2. The summed E-state index contributed by atoms with van der Waals surface area (Å²) in [5.74, 6) is 0.735. The van der Waals surface area contributed by atoms with Crippen LogP contribution in [0.5, 0.6) is 0 Å². The molecule has 90 valence electrons. The van der Waals surface area contributed by atoms with Gasteiger partial charge in [-0.1, -0.05) is 55.8 Å². The Morgan fingerprint density at radius 3 is 2.82 bits per heavy atom. The van der Waals surface area contributed by atoms with Crippen molar-refractivity contribution >= 4 is 12.2 Å². The average molecular weight is 226 g/mol. The van der Waals surface area contributed by atoms with Gasteiger partial charge >= 0.3 is 0 Å². The standard InChI is InChI=1S/C17H22/c1-4-6-14-7-8-17-12-15(13(3)5-2)9-10-16(17)11-14/h4,6-8,11-13H,5,9-10H2,1-3H3/b6-4+. The zero-order valence-corrected chi connectivity index (χ0v) is 11.2. The maximum atomic E-state index is 2.41. The first-order valence-electron chi connectivity index (χ1n) is 6.70. The molecule has 0 saturated heterocycles. The normalized spacial score (nSPS) is 16.8. The lowest BCUT2D eigenvalue weighted by molar-refractivity contribution is 0.623. The fourth-order valence-corrected chi connectivity index (χ4v) is 2.48. The van der Waals surface area contributed by atoms with Crippen LogP contribution in [0.15, 0.2) is 29.8 Å². The second-order valence-corrected chi connectivity index (χ2v) is 4.99. The molecule has 1 aromatic carbocycles. The van der Waals surface area contributed by atoms with E-state index in [0.29, 0.717) is 0 Å². The molecule has 0 saturated carbocycles. The lowest BCUT2D eigenvalue weighted by Crippen LogP contribution is -2.05. The molecule has 0 N–H and O–H groups in total. The van der Waals surface area contributed by atoms with Gasteiger partial charge in [0.15, 0.2) is 0 Å². The predicted octanol–water partition coefficient (Wildman–Crippen LogP) is 5.10. The maximum Gasteiger partial charge on any atom is -0.0224 e. The minimum atomic E-state index is 0.735. The molecule has 0 radical (unpaired) electrons. The Kier molecular flexibility index (Phi) is 3.83. The summed E-state index contributed by atoms with van der Waals surface area (Å²) in [5.41, 5.74) is 5.89. The number of aryl methyl sites for hydroxylation is 1. The topological polar surface area (TPSA) is 0 Å². The molecule has 0 spiro atoms. The van der Waals surface area contributed by atoms with Crippen molar-refractivity contribution in [3.8, 4) is 0 Å². The van der Waals surface area contributed by atoms with E-state index < -0.39 is 0 Å². The molecule has 0 nitrogen and oxygen atoms in total. The van der Waals surface area contributed by atoms with Crippen molar-refractivity contribution < 1.29 is 0 Å². The van der Waals surface area contributed by atoms with Gasteiger partial charge in [0.05, 0.1) is 0 Å². The van der Waals surface area contributed by atoms with E-state index in [-0.39, 0.29) is 0 Å². The van der Waals surface area contributed by atoms with Crippen LogP contribution in [0.1, 0.15) is 50.3 Å². The molecule has 2 rings (SSSR count). The third-order valence-electron chi connectivity index (χ3n) is 3.80. The summed E-state index contributed by atoms with van der Waals surface area (Å²) in [6, 6.07) is 6.82. The zero-order valence-electron chi connectivity index (χ0n) is 11.2. The van der Waals surface area contributed by atoms with Gasteiger partial charge < -0.3 is 0 Å². The monoisotopic (exact) mass is 226 g/mol. The summed E-state index contributed by atoms with van der Waals surface area (Å²) >= 11 is 0. The van der Waals surface area contributed by atoms with Gasteiger partial charge in [-0.15, -0.1) is 0 Å². The summed E-state index contributed by atoms with van der Waals surface area (Å²) in [6.45, 7) is 6.68. The average Bonchev–Trinajstić information content (AvgIpc) is 2.37. The third-order valence-corrected chi connectivity index (χ3v) is 3.80. The lowest BCUT2D eigenvalue weighted by atomic mass is 9.85. The zero-order chi connectivity index (χ0) is 12.3. The van der Waals surface area contributed by atoms with Crippen LogP contribution in [0.4, 0.5) is 0 Å². The van der Waals surface area contributed by atoms with Gasteiger partial charge in [0, 0.05) is 0 Å². The number of fused-ring (bicyclic) bond motifs is 1. The molecular weight excluding hydrogens is 204 g/mol. The number of rotatable bonds is 3. The molecule has 0 amide bonds. The summed E-state index contributed by atoms with van der Waals surface area (Å²) in [7, 11) is 0. The van der Waals surface area contributed by atoms with Crippen molar-refractivity contribution in [2.75, 3.05) is 0 Å². The van der Waals surface area contributed by atoms with Crippen molar-refractivity contribution in [2.24, 2.45) is 5.92 Å². The van der Waals surface area contributed by atoms with Crippen LogP contribution in [0.3, 0.4) is 0 Å². The predicted molar refractivity (Wildman–Crippen MR) is 76.9 cm³/mol. The Morgan fingerprint density at radius 1 is 1.29 bits per heavy atom. The molecule has 17 heavy (non-hydrogen) atoms. The first kappa shape index (κ1) is 12.2. The highest BCUT2D eigenvalue weighted by molar-refractivity contribution is 5.63. The van der Waals surface area contributed by atoms with Gasteiger partial charge in [-0.25, -0.2) is 0 Å². The van der Waals surface area contributed by atoms with Crippen molar-refractivity contribution in [3.63, 3.8) is 0 Å². The largest absolute Gasteiger partial charge is 0.0871 e. The van der Waals surface area contributed by atoms with Crippen LogP contribution in [0.2, 0.25) is 0 Å². The first-order chi connectivity index (χ1) is 8.24. The van der Waals surface area contributed by atoms with Gasteiger partial charge in [-0.05, 0) is 48.8 Å². The van der Waals surface area contributed by atoms with Crippen molar-refractivity contribution in [1.82, 2.24) is 0 Å². The van der Waals surface area contributed by atoms with Gasteiger partial charge in [0.25, 0.3) is 0 Å². The molecule has 0 heteroatoms. The second kappa shape index (κ2) is 5.35. The van der Waals surface area contributed by atoms with E-state index in [1.807, 2.05) is 0 Å². The maximum absolute atomic E-state index is 2.41. The van der Waals surface area contributed by atoms with E-state index in [1.54, 1.807) is 5.57 Å². The van der Waals surface area contributed by atoms with E-state index >= 15 is 0 Å². The van der Waals surface area contributed by atoms with Gasteiger partial charge in [0.1, 0.15) is 0 Å². The van der Waals surface area contributed by atoms with E-state index in [9.17, 15) is 0 Å². The molecule has 0 fully saturated rings. The molecule has 1 aliphatic rings. The molecular formula is C17H22. The summed E-state index contributed by atoms with van der Waals surface area (Å²) in [4.78, 5) is 0.